The molecule has 1 aliphatic rings. The largest absolute Gasteiger partial charge is 0.493 e. The summed E-state index contributed by atoms with van der Waals surface area (Å²) in [5, 5.41) is 5.19. The van der Waals surface area contributed by atoms with E-state index in [9.17, 15) is 13.6 Å². The van der Waals surface area contributed by atoms with Crippen LogP contribution in [-0.4, -0.2) is 38.1 Å². The van der Waals surface area contributed by atoms with Crippen LogP contribution in [0.25, 0.3) is 0 Å². The van der Waals surface area contributed by atoms with Crippen molar-refractivity contribution >= 4 is 18.3 Å². The molecule has 1 aromatic rings. The normalized spacial score (nSPS) is 18.6. The number of hydrogen-bond donors (Lipinski definition) is 2. The van der Waals surface area contributed by atoms with Gasteiger partial charge in [-0.25, -0.2) is 8.78 Å². The maximum atomic E-state index is 13.1. The van der Waals surface area contributed by atoms with Crippen LogP contribution in [-0.2, 0) is 11.3 Å². The van der Waals surface area contributed by atoms with Gasteiger partial charge in [0.1, 0.15) is 0 Å². The first kappa shape index (κ1) is 20.4. The van der Waals surface area contributed by atoms with Crippen LogP contribution in [0.1, 0.15) is 25.3 Å². The SMILES string of the molecule is CCCOc1ccc(CNC(=O)C2CC(F)(F)CN2)cc1OC.Cl. The molecule has 1 fully saturated rings. The third kappa shape index (κ3) is 5.49. The Balaban J connectivity index is 0.00000288. The Morgan fingerprint density at radius 3 is 2.75 bits per heavy atom. The molecular formula is C16H23ClF2N2O3. The summed E-state index contributed by atoms with van der Waals surface area (Å²) in [5.41, 5.74) is 0.809. The van der Waals surface area contributed by atoms with Crippen LogP contribution in [0, 0.1) is 0 Å². The number of carbonyl (C=O) groups excluding carboxylic acids is 1. The summed E-state index contributed by atoms with van der Waals surface area (Å²) >= 11 is 0. The van der Waals surface area contributed by atoms with Crippen molar-refractivity contribution in [3.8, 4) is 11.5 Å². The highest BCUT2D eigenvalue weighted by molar-refractivity contribution is 5.85. The van der Waals surface area contributed by atoms with Gasteiger partial charge in [-0.2, -0.15) is 0 Å². The molecule has 1 aliphatic heterocycles. The molecule has 1 aromatic carbocycles. The van der Waals surface area contributed by atoms with Gasteiger partial charge in [0.2, 0.25) is 5.91 Å². The van der Waals surface area contributed by atoms with E-state index in [2.05, 4.69) is 10.6 Å². The number of benzene rings is 1. The standard InChI is InChI=1S/C16H22F2N2O3.ClH/c1-3-6-23-13-5-4-11(7-14(13)22-2)9-19-15(21)12-8-16(17,18)10-20-12;/h4-5,7,12,20H,3,6,8-10H2,1-2H3,(H,19,21);1H. The highest BCUT2D eigenvalue weighted by Crippen LogP contribution is 2.28. The fourth-order valence-electron chi connectivity index (χ4n) is 2.37. The molecule has 8 heteroatoms. The Kier molecular flexibility index (Phi) is 7.69. The van der Waals surface area contributed by atoms with Crippen molar-refractivity contribution in [2.24, 2.45) is 0 Å². The van der Waals surface area contributed by atoms with Crippen LogP contribution in [0.15, 0.2) is 18.2 Å². The lowest BCUT2D eigenvalue weighted by atomic mass is 10.1. The zero-order valence-electron chi connectivity index (χ0n) is 13.7. The Morgan fingerprint density at radius 2 is 2.17 bits per heavy atom. The number of alkyl halides is 2. The molecule has 1 heterocycles. The van der Waals surface area contributed by atoms with Gasteiger partial charge in [-0.15, -0.1) is 12.4 Å². The minimum absolute atomic E-state index is 0. The van der Waals surface area contributed by atoms with E-state index in [-0.39, 0.29) is 19.0 Å². The van der Waals surface area contributed by atoms with Crippen LogP contribution in [0.5, 0.6) is 11.5 Å². The monoisotopic (exact) mass is 364 g/mol. The molecule has 1 amide bonds. The van der Waals surface area contributed by atoms with Crippen molar-refractivity contribution < 1.29 is 23.0 Å². The van der Waals surface area contributed by atoms with Crippen LogP contribution in [0.2, 0.25) is 0 Å². The summed E-state index contributed by atoms with van der Waals surface area (Å²) in [7, 11) is 1.54. The van der Waals surface area contributed by atoms with Crippen molar-refractivity contribution in [3.63, 3.8) is 0 Å². The minimum Gasteiger partial charge on any atom is -0.493 e. The second-order valence-electron chi connectivity index (χ2n) is 5.55. The second-order valence-corrected chi connectivity index (χ2v) is 5.55. The predicted octanol–water partition coefficient (Wildman–Crippen LogP) is 2.52. The van der Waals surface area contributed by atoms with Gasteiger partial charge >= 0.3 is 0 Å². The number of rotatable bonds is 7. The Morgan fingerprint density at radius 1 is 1.42 bits per heavy atom. The number of halogens is 3. The summed E-state index contributed by atoms with van der Waals surface area (Å²) in [6.07, 6.45) is 0.423. The highest BCUT2D eigenvalue weighted by Gasteiger charge is 2.42. The number of carbonyl (C=O) groups is 1. The Labute approximate surface area is 146 Å². The Hall–Kier alpha value is -1.60. The fraction of sp³-hybridized carbons (Fsp3) is 0.562. The third-order valence-corrected chi connectivity index (χ3v) is 3.58. The number of ether oxygens (including phenoxy) is 2. The maximum Gasteiger partial charge on any atom is 0.262 e. The molecular weight excluding hydrogens is 342 g/mol. The summed E-state index contributed by atoms with van der Waals surface area (Å²) in [6, 6.07) is 4.50. The molecule has 24 heavy (non-hydrogen) atoms. The van der Waals surface area contributed by atoms with Crippen molar-refractivity contribution in [1.29, 1.82) is 0 Å². The van der Waals surface area contributed by atoms with E-state index in [1.54, 1.807) is 19.2 Å². The van der Waals surface area contributed by atoms with E-state index in [1.807, 2.05) is 13.0 Å². The van der Waals surface area contributed by atoms with Crippen molar-refractivity contribution in [2.45, 2.75) is 38.3 Å². The molecule has 2 N–H and O–H groups in total. The van der Waals surface area contributed by atoms with Crippen molar-refractivity contribution in [1.82, 2.24) is 10.6 Å². The molecule has 0 aromatic heterocycles. The summed E-state index contributed by atoms with van der Waals surface area (Å²) < 4.78 is 37.0. The highest BCUT2D eigenvalue weighted by atomic mass is 35.5. The van der Waals surface area contributed by atoms with E-state index >= 15 is 0 Å². The molecule has 136 valence electrons. The van der Waals surface area contributed by atoms with Gasteiger partial charge in [0, 0.05) is 13.0 Å². The fourth-order valence-corrected chi connectivity index (χ4v) is 2.37. The number of amides is 1. The minimum atomic E-state index is -2.82. The van der Waals surface area contributed by atoms with E-state index < -0.39 is 30.8 Å². The third-order valence-electron chi connectivity index (χ3n) is 3.58. The number of methoxy groups -OCH3 is 1. The van der Waals surface area contributed by atoms with Crippen molar-refractivity contribution in [2.75, 3.05) is 20.3 Å². The van der Waals surface area contributed by atoms with Crippen LogP contribution < -0.4 is 20.1 Å². The van der Waals surface area contributed by atoms with Gasteiger partial charge < -0.3 is 14.8 Å². The zero-order chi connectivity index (χ0) is 16.9. The molecule has 2 rings (SSSR count). The molecule has 0 radical (unpaired) electrons. The van der Waals surface area contributed by atoms with Crippen LogP contribution in [0.4, 0.5) is 8.78 Å². The van der Waals surface area contributed by atoms with Gasteiger partial charge in [-0.05, 0) is 24.1 Å². The van der Waals surface area contributed by atoms with E-state index in [0.29, 0.717) is 18.1 Å². The van der Waals surface area contributed by atoms with E-state index in [1.165, 1.54) is 0 Å². The topological polar surface area (TPSA) is 59.6 Å². The second kappa shape index (κ2) is 9.03. The molecule has 0 saturated carbocycles. The first-order chi connectivity index (χ1) is 10.9. The number of nitrogens with one attached hydrogen (secondary N) is 2. The quantitative estimate of drug-likeness (QED) is 0.780. The molecule has 5 nitrogen and oxygen atoms in total. The average Bonchev–Trinajstić information content (AvgIpc) is 2.91. The lowest BCUT2D eigenvalue weighted by Crippen LogP contribution is -2.40. The van der Waals surface area contributed by atoms with Crippen LogP contribution >= 0.6 is 12.4 Å². The maximum absolute atomic E-state index is 13.1. The van der Waals surface area contributed by atoms with E-state index in [0.717, 1.165) is 12.0 Å². The van der Waals surface area contributed by atoms with E-state index in [4.69, 9.17) is 9.47 Å². The smallest absolute Gasteiger partial charge is 0.262 e. The molecule has 1 saturated heterocycles. The average molecular weight is 365 g/mol. The predicted molar refractivity (Wildman–Crippen MR) is 89.2 cm³/mol. The zero-order valence-corrected chi connectivity index (χ0v) is 14.6. The van der Waals surface area contributed by atoms with Gasteiger partial charge in [-0.3, -0.25) is 10.1 Å². The molecule has 1 atom stereocenters. The molecule has 1 unspecified atom stereocenters. The molecule has 0 bridgehead atoms. The van der Waals surface area contributed by atoms with Gasteiger partial charge in [0.15, 0.2) is 11.5 Å². The summed E-state index contributed by atoms with van der Waals surface area (Å²) in [6.45, 7) is 2.39. The van der Waals surface area contributed by atoms with Gasteiger partial charge in [-0.1, -0.05) is 13.0 Å². The van der Waals surface area contributed by atoms with Crippen molar-refractivity contribution in [3.05, 3.63) is 23.8 Å². The summed E-state index contributed by atoms with van der Waals surface area (Å²) in [5.74, 6) is -2.02. The van der Waals surface area contributed by atoms with Crippen LogP contribution in [0.3, 0.4) is 0 Å². The molecule has 0 spiro atoms. The summed E-state index contributed by atoms with van der Waals surface area (Å²) in [4.78, 5) is 11.9. The molecule has 0 aliphatic carbocycles. The lowest BCUT2D eigenvalue weighted by Gasteiger charge is -2.14. The first-order valence-corrected chi connectivity index (χ1v) is 7.64. The Bertz CT molecular complexity index is 558. The van der Waals surface area contributed by atoms with Gasteiger partial charge in [0.25, 0.3) is 5.92 Å². The number of hydrogen-bond acceptors (Lipinski definition) is 4. The first-order valence-electron chi connectivity index (χ1n) is 7.64. The van der Waals surface area contributed by atoms with Gasteiger partial charge in [0.05, 0.1) is 26.3 Å². The lowest BCUT2D eigenvalue weighted by molar-refractivity contribution is -0.123.